The normalized spacial score (nSPS) is 15.4. The topological polar surface area (TPSA) is 29.5 Å². The van der Waals surface area contributed by atoms with Crippen molar-refractivity contribution in [2.75, 3.05) is 18.6 Å². The maximum absolute atomic E-state index is 12.6. The van der Waals surface area contributed by atoms with Gasteiger partial charge in [-0.1, -0.05) is 83.2 Å². The highest BCUT2D eigenvalue weighted by Gasteiger charge is 2.36. The lowest BCUT2D eigenvalue weighted by Gasteiger charge is -2.37. The van der Waals surface area contributed by atoms with E-state index < -0.39 is 8.80 Å². The van der Waals surface area contributed by atoms with Gasteiger partial charge >= 0.3 is 6.09 Å². The van der Waals surface area contributed by atoms with Gasteiger partial charge in [0, 0.05) is 11.4 Å². The van der Waals surface area contributed by atoms with E-state index in [2.05, 4.69) is 96.4 Å². The van der Waals surface area contributed by atoms with E-state index in [0.29, 0.717) is 12.1 Å². The largest absolute Gasteiger partial charge is 0.452 e. The van der Waals surface area contributed by atoms with Gasteiger partial charge < -0.3 is 4.74 Å². The molecule has 0 fully saturated rings. The van der Waals surface area contributed by atoms with Crippen molar-refractivity contribution in [1.29, 1.82) is 0 Å². The monoisotopic (exact) mass is 454 g/mol. The number of carbonyl (C=O) groups excluding carboxylic acids is 1. The fourth-order valence-electron chi connectivity index (χ4n) is 4.61. The summed E-state index contributed by atoms with van der Waals surface area (Å²) in [5.41, 5.74) is 3.77. The van der Waals surface area contributed by atoms with Crippen molar-refractivity contribution in [3.05, 3.63) is 102 Å². The molecule has 1 aliphatic rings. The summed E-state index contributed by atoms with van der Waals surface area (Å²) in [5, 5.41) is 4.90. The van der Waals surface area contributed by atoms with E-state index in [1.807, 2.05) is 0 Å². The first-order chi connectivity index (χ1) is 15.8. The molecule has 0 bridgehead atoms. The van der Waals surface area contributed by atoms with Crippen LogP contribution in [0.4, 0.5) is 10.5 Å². The standard InChI is InChI=1S/C27H24NO2SSi/c1-30-27(29)28-17-16-26(23-19-20(14-15-24(23)28)25-13-8-18-31-25)32(21-9-4-2-5-10-21)22-11-6-3-7-12-22/h2-15,18-19,26H,16-17H2,1H3/t26-/m1/s1. The Bertz CT molecular complexity index is 1160. The minimum absolute atomic E-state index is 0.290. The van der Waals surface area contributed by atoms with Crippen molar-refractivity contribution in [1.82, 2.24) is 0 Å². The molecule has 0 saturated carbocycles. The third-order valence-electron chi connectivity index (χ3n) is 6.05. The summed E-state index contributed by atoms with van der Waals surface area (Å²) in [6, 6.07) is 32.5. The number of hydrogen-bond donors (Lipinski definition) is 0. The van der Waals surface area contributed by atoms with Crippen LogP contribution >= 0.6 is 11.3 Å². The van der Waals surface area contributed by atoms with Crippen molar-refractivity contribution in [2.45, 2.75) is 12.0 Å². The smallest absolute Gasteiger partial charge is 0.414 e. The SMILES string of the molecule is COC(=O)N1CC[C@@H]([Si](c2ccccc2)c2ccccc2)c2cc(-c3cccs3)ccc21. The summed E-state index contributed by atoms with van der Waals surface area (Å²) in [7, 11) is 0.328. The van der Waals surface area contributed by atoms with Crippen LogP contribution < -0.4 is 15.3 Å². The second-order valence-corrected chi connectivity index (χ2v) is 11.5. The molecule has 5 heteroatoms. The molecule has 0 N–H and O–H groups in total. The third kappa shape index (κ3) is 3.90. The predicted octanol–water partition coefficient (Wildman–Crippen LogP) is 5.32. The van der Waals surface area contributed by atoms with Gasteiger partial charge in [0.25, 0.3) is 0 Å². The van der Waals surface area contributed by atoms with E-state index in [4.69, 9.17) is 4.74 Å². The molecule has 159 valence electrons. The Morgan fingerprint density at radius 3 is 2.22 bits per heavy atom. The molecule has 1 aromatic heterocycles. The zero-order chi connectivity index (χ0) is 21.9. The number of hydrogen-bond acceptors (Lipinski definition) is 3. The van der Waals surface area contributed by atoms with Gasteiger partial charge in [-0.05, 0) is 46.7 Å². The first-order valence-corrected chi connectivity index (χ1v) is 13.2. The van der Waals surface area contributed by atoms with Crippen molar-refractivity contribution in [2.24, 2.45) is 0 Å². The third-order valence-corrected chi connectivity index (χ3v) is 10.2. The number of ether oxygens (including phenoxy) is 1. The summed E-state index contributed by atoms with van der Waals surface area (Å²) in [6.45, 7) is 0.663. The number of fused-ring (bicyclic) bond motifs is 1. The molecule has 3 aromatic carbocycles. The van der Waals surface area contributed by atoms with Crippen molar-refractivity contribution in [3.63, 3.8) is 0 Å². The summed E-state index contributed by atoms with van der Waals surface area (Å²) in [5.74, 6) is 0. The molecule has 3 nitrogen and oxygen atoms in total. The highest BCUT2D eigenvalue weighted by Crippen LogP contribution is 2.40. The average Bonchev–Trinajstić information content (AvgIpc) is 3.40. The van der Waals surface area contributed by atoms with Crippen molar-refractivity contribution < 1.29 is 9.53 Å². The number of carbonyl (C=O) groups is 1. The van der Waals surface area contributed by atoms with Gasteiger partial charge in [-0.3, -0.25) is 4.90 Å². The van der Waals surface area contributed by atoms with Gasteiger partial charge in [0.05, 0.1) is 12.8 Å². The second kappa shape index (κ2) is 9.15. The van der Waals surface area contributed by atoms with Gasteiger partial charge in [-0.2, -0.15) is 0 Å². The van der Waals surface area contributed by atoms with Crippen molar-refractivity contribution in [3.8, 4) is 10.4 Å². The maximum Gasteiger partial charge on any atom is 0.414 e. The number of nitrogens with zero attached hydrogens (tertiary/aromatic N) is 1. The van der Waals surface area contributed by atoms with E-state index in [-0.39, 0.29) is 6.09 Å². The van der Waals surface area contributed by atoms with E-state index in [1.165, 1.54) is 33.5 Å². The molecule has 1 aliphatic heterocycles. The van der Waals surface area contributed by atoms with E-state index in [9.17, 15) is 4.79 Å². The Balaban J connectivity index is 1.68. The first-order valence-electron chi connectivity index (χ1n) is 10.8. The molecule has 1 atom stereocenters. The van der Waals surface area contributed by atoms with Gasteiger partial charge in [0.1, 0.15) is 8.80 Å². The highest BCUT2D eigenvalue weighted by atomic mass is 32.1. The minimum atomic E-state index is -1.13. The lowest BCUT2D eigenvalue weighted by atomic mass is 9.98. The Kier molecular flexibility index (Phi) is 5.93. The van der Waals surface area contributed by atoms with Gasteiger partial charge in [-0.25, -0.2) is 4.79 Å². The molecule has 0 saturated heterocycles. The fraction of sp³-hybridized carbons (Fsp3) is 0.148. The number of thiophene rings is 1. The maximum atomic E-state index is 12.6. The van der Waals surface area contributed by atoms with Crippen LogP contribution in [-0.2, 0) is 4.74 Å². The molecule has 32 heavy (non-hydrogen) atoms. The van der Waals surface area contributed by atoms with Crippen LogP contribution in [0.5, 0.6) is 0 Å². The van der Waals surface area contributed by atoms with E-state index >= 15 is 0 Å². The molecule has 1 amide bonds. The van der Waals surface area contributed by atoms with Crippen molar-refractivity contribution >= 4 is 42.3 Å². The quantitative estimate of drug-likeness (QED) is 0.391. The lowest BCUT2D eigenvalue weighted by molar-refractivity contribution is 0.178. The number of anilines is 1. The molecular weight excluding hydrogens is 430 g/mol. The molecular formula is C27H24NO2SSi. The van der Waals surface area contributed by atoms with Gasteiger partial charge in [0.2, 0.25) is 0 Å². The summed E-state index contributed by atoms with van der Waals surface area (Å²) in [4.78, 5) is 15.6. The Hall–Kier alpha value is -3.15. The van der Waals surface area contributed by atoms with Crippen LogP contribution in [0.25, 0.3) is 10.4 Å². The zero-order valence-corrected chi connectivity index (χ0v) is 19.7. The molecule has 4 aromatic rings. The van der Waals surface area contributed by atoms with Crippen LogP contribution in [0.15, 0.2) is 96.4 Å². The van der Waals surface area contributed by atoms with Crippen LogP contribution in [0.2, 0.25) is 0 Å². The van der Waals surface area contributed by atoms with Crippen LogP contribution in [0.1, 0.15) is 17.5 Å². The molecule has 0 spiro atoms. The minimum Gasteiger partial charge on any atom is -0.452 e. The first kappa shape index (κ1) is 20.7. The van der Waals surface area contributed by atoms with Crippen LogP contribution in [0.3, 0.4) is 0 Å². The van der Waals surface area contributed by atoms with Gasteiger partial charge in [-0.15, -0.1) is 11.3 Å². The van der Waals surface area contributed by atoms with Gasteiger partial charge in [0.15, 0.2) is 0 Å². The number of methoxy groups -OCH3 is 1. The van der Waals surface area contributed by atoms with Crippen LogP contribution in [0, 0.1) is 0 Å². The number of amides is 1. The molecule has 0 aliphatic carbocycles. The Morgan fingerprint density at radius 2 is 1.62 bits per heavy atom. The fourth-order valence-corrected chi connectivity index (χ4v) is 8.54. The zero-order valence-electron chi connectivity index (χ0n) is 17.9. The predicted molar refractivity (Wildman–Crippen MR) is 135 cm³/mol. The summed E-state index contributed by atoms with van der Waals surface area (Å²) >= 11 is 1.74. The summed E-state index contributed by atoms with van der Waals surface area (Å²) < 4.78 is 5.11. The van der Waals surface area contributed by atoms with Crippen LogP contribution in [-0.4, -0.2) is 28.5 Å². The van der Waals surface area contributed by atoms with E-state index in [1.54, 1.807) is 16.2 Å². The highest BCUT2D eigenvalue weighted by molar-refractivity contribution is 7.13. The number of rotatable bonds is 4. The molecule has 5 rings (SSSR count). The summed E-state index contributed by atoms with van der Waals surface area (Å²) in [6.07, 6.45) is 0.621. The second-order valence-electron chi connectivity index (χ2n) is 7.86. The average molecular weight is 455 g/mol. The Labute approximate surface area is 194 Å². The molecule has 2 heterocycles. The molecule has 1 radical (unpaired) electrons. The number of benzene rings is 3. The Morgan fingerprint density at radius 1 is 0.938 bits per heavy atom. The lowest BCUT2D eigenvalue weighted by Crippen LogP contribution is -2.50. The molecule has 0 unspecified atom stereocenters. The van der Waals surface area contributed by atoms with E-state index in [0.717, 1.165) is 12.1 Å².